The van der Waals surface area contributed by atoms with Gasteiger partial charge >= 0.3 is 0 Å². The summed E-state index contributed by atoms with van der Waals surface area (Å²) in [5.41, 5.74) is 5.80. The lowest BCUT2D eigenvalue weighted by atomic mass is 10.0. The van der Waals surface area contributed by atoms with Gasteiger partial charge in [0.15, 0.2) is 0 Å². The van der Waals surface area contributed by atoms with Crippen LogP contribution in [0.4, 0.5) is 0 Å². The molecule has 1 amide bonds. The van der Waals surface area contributed by atoms with Crippen LogP contribution in [0.5, 0.6) is 5.75 Å². The molecule has 0 saturated heterocycles. The van der Waals surface area contributed by atoms with E-state index in [1.54, 1.807) is 21.0 Å². The van der Waals surface area contributed by atoms with Crippen LogP contribution in [-0.4, -0.2) is 25.1 Å². The highest BCUT2D eigenvalue weighted by atomic mass is 16.5. The van der Waals surface area contributed by atoms with Crippen LogP contribution in [0, 0.1) is 0 Å². The maximum Gasteiger partial charge on any atom is 0.237 e. The molecular formula is C13H20N2O2. The highest BCUT2D eigenvalue weighted by Gasteiger charge is 2.23. The first-order chi connectivity index (χ1) is 7.95. The predicted octanol–water partition coefficient (Wildman–Crippen LogP) is 1.09. The summed E-state index contributed by atoms with van der Waals surface area (Å²) >= 11 is 0. The number of ether oxygens (including phenoxy) is 1. The van der Waals surface area contributed by atoms with Gasteiger partial charge in [0, 0.05) is 6.54 Å². The number of nitrogens with one attached hydrogen (secondary N) is 1. The Morgan fingerprint density at radius 2 is 1.94 bits per heavy atom. The summed E-state index contributed by atoms with van der Waals surface area (Å²) in [4.78, 5) is 11.1. The van der Waals surface area contributed by atoms with Crippen molar-refractivity contribution in [3.63, 3.8) is 0 Å². The third-order valence-electron chi connectivity index (χ3n) is 2.76. The van der Waals surface area contributed by atoms with Crippen molar-refractivity contribution in [3.8, 4) is 5.75 Å². The van der Waals surface area contributed by atoms with Gasteiger partial charge in [0.2, 0.25) is 5.91 Å². The van der Waals surface area contributed by atoms with E-state index in [1.807, 2.05) is 24.3 Å². The summed E-state index contributed by atoms with van der Waals surface area (Å²) in [6.45, 7) is 4.27. The summed E-state index contributed by atoms with van der Waals surface area (Å²) < 4.78 is 5.08. The molecule has 0 atom stereocenters. The zero-order valence-corrected chi connectivity index (χ0v) is 10.6. The van der Waals surface area contributed by atoms with E-state index in [0.29, 0.717) is 6.54 Å². The summed E-state index contributed by atoms with van der Waals surface area (Å²) in [6, 6.07) is 7.87. The average Bonchev–Trinajstić information content (AvgIpc) is 2.29. The maximum absolute atomic E-state index is 11.1. The first-order valence-corrected chi connectivity index (χ1v) is 5.63. The first kappa shape index (κ1) is 13.5. The van der Waals surface area contributed by atoms with E-state index < -0.39 is 5.54 Å². The highest BCUT2D eigenvalue weighted by molar-refractivity contribution is 5.83. The molecule has 0 aliphatic rings. The van der Waals surface area contributed by atoms with E-state index in [4.69, 9.17) is 10.5 Å². The minimum Gasteiger partial charge on any atom is -0.497 e. The van der Waals surface area contributed by atoms with Gasteiger partial charge < -0.3 is 15.8 Å². The molecule has 0 heterocycles. The van der Waals surface area contributed by atoms with Crippen LogP contribution < -0.4 is 15.8 Å². The van der Waals surface area contributed by atoms with Gasteiger partial charge in [0.25, 0.3) is 0 Å². The monoisotopic (exact) mass is 236 g/mol. The number of hydrogen-bond acceptors (Lipinski definition) is 3. The standard InChI is InChI=1S/C13H20N2O2/c1-13(2,12(14)16)15-9-8-10-4-6-11(17-3)7-5-10/h4-7,15H,8-9H2,1-3H3,(H2,14,16). The number of nitrogens with two attached hydrogens (primary N) is 1. The second-order valence-corrected chi connectivity index (χ2v) is 4.51. The molecule has 0 saturated carbocycles. The zero-order valence-electron chi connectivity index (χ0n) is 10.6. The maximum atomic E-state index is 11.1. The van der Waals surface area contributed by atoms with E-state index in [0.717, 1.165) is 12.2 Å². The highest BCUT2D eigenvalue weighted by Crippen LogP contribution is 2.11. The van der Waals surface area contributed by atoms with Crippen LogP contribution in [0.3, 0.4) is 0 Å². The fourth-order valence-electron chi connectivity index (χ4n) is 1.40. The Hall–Kier alpha value is -1.55. The Morgan fingerprint density at radius 1 is 1.35 bits per heavy atom. The molecule has 0 unspecified atom stereocenters. The molecule has 0 aromatic heterocycles. The van der Waals surface area contributed by atoms with Crippen molar-refractivity contribution in [1.29, 1.82) is 0 Å². The normalized spacial score (nSPS) is 11.2. The number of hydrogen-bond donors (Lipinski definition) is 2. The Labute approximate surface area is 102 Å². The number of carbonyl (C=O) groups is 1. The van der Waals surface area contributed by atoms with Gasteiger partial charge in [0.05, 0.1) is 12.6 Å². The molecule has 3 N–H and O–H groups in total. The molecule has 1 aromatic carbocycles. The minimum absolute atomic E-state index is 0.341. The average molecular weight is 236 g/mol. The van der Waals surface area contributed by atoms with Gasteiger partial charge in [0.1, 0.15) is 5.75 Å². The van der Waals surface area contributed by atoms with Crippen LogP contribution in [0.25, 0.3) is 0 Å². The van der Waals surface area contributed by atoms with Gasteiger partial charge in [-0.1, -0.05) is 12.1 Å². The molecule has 17 heavy (non-hydrogen) atoms. The van der Waals surface area contributed by atoms with Gasteiger partial charge in [-0.15, -0.1) is 0 Å². The Kier molecular flexibility index (Phi) is 4.52. The molecule has 0 aliphatic carbocycles. The van der Waals surface area contributed by atoms with Crippen molar-refractivity contribution in [2.45, 2.75) is 25.8 Å². The summed E-state index contributed by atoms with van der Waals surface area (Å²) in [5, 5.41) is 3.13. The fourth-order valence-corrected chi connectivity index (χ4v) is 1.40. The van der Waals surface area contributed by atoms with Gasteiger partial charge in [-0.25, -0.2) is 0 Å². The van der Waals surface area contributed by atoms with Crippen molar-refractivity contribution in [2.75, 3.05) is 13.7 Å². The number of methoxy groups -OCH3 is 1. The quantitative estimate of drug-likeness (QED) is 0.777. The molecule has 94 valence electrons. The van der Waals surface area contributed by atoms with Crippen molar-refractivity contribution < 1.29 is 9.53 Å². The molecular weight excluding hydrogens is 216 g/mol. The number of benzene rings is 1. The summed E-state index contributed by atoms with van der Waals surface area (Å²) in [7, 11) is 1.64. The minimum atomic E-state index is -0.660. The predicted molar refractivity (Wildman–Crippen MR) is 68.0 cm³/mol. The van der Waals surface area contributed by atoms with Crippen molar-refractivity contribution >= 4 is 5.91 Å². The molecule has 0 spiro atoms. The van der Waals surface area contributed by atoms with Crippen molar-refractivity contribution in [2.24, 2.45) is 5.73 Å². The van der Waals surface area contributed by atoms with E-state index in [9.17, 15) is 4.79 Å². The molecule has 0 fully saturated rings. The Balaban J connectivity index is 2.43. The fraction of sp³-hybridized carbons (Fsp3) is 0.462. The lowest BCUT2D eigenvalue weighted by Gasteiger charge is -2.22. The SMILES string of the molecule is COc1ccc(CCNC(C)(C)C(N)=O)cc1. The van der Waals surface area contributed by atoms with E-state index in [1.165, 1.54) is 5.56 Å². The van der Waals surface area contributed by atoms with E-state index in [2.05, 4.69) is 5.32 Å². The lowest BCUT2D eigenvalue weighted by Crippen LogP contribution is -2.51. The van der Waals surface area contributed by atoms with Crippen LogP contribution >= 0.6 is 0 Å². The summed E-state index contributed by atoms with van der Waals surface area (Å²) in [6.07, 6.45) is 0.848. The lowest BCUT2D eigenvalue weighted by molar-refractivity contribution is -0.123. The molecule has 4 nitrogen and oxygen atoms in total. The topological polar surface area (TPSA) is 64.3 Å². The third kappa shape index (κ3) is 4.07. The first-order valence-electron chi connectivity index (χ1n) is 5.63. The van der Waals surface area contributed by atoms with Gasteiger partial charge in [-0.05, 0) is 38.0 Å². The smallest absolute Gasteiger partial charge is 0.237 e. The molecule has 0 bridgehead atoms. The van der Waals surface area contributed by atoms with E-state index >= 15 is 0 Å². The number of amides is 1. The third-order valence-corrected chi connectivity index (χ3v) is 2.76. The molecule has 4 heteroatoms. The number of primary amides is 1. The van der Waals surface area contributed by atoms with Crippen LogP contribution in [0.15, 0.2) is 24.3 Å². The molecule has 1 rings (SSSR count). The second kappa shape index (κ2) is 5.68. The van der Waals surface area contributed by atoms with Crippen LogP contribution in [0.1, 0.15) is 19.4 Å². The van der Waals surface area contributed by atoms with E-state index in [-0.39, 0.29) is 5.91 Å². The van der Waals surface area contributed by atoms with Gasteiger partial charge in [-0.3, -0.25) is 4.79 Å². The van der Waals surface area contributed by atoms with Crippen molar-refractivity contribution in [3.05, 3.63) is 29.8 Å². The number of rotatable bonds is 6. The van der Waals surface area contributed by atoms with Crippen molar-refractivity contribution in [1.82, 2.24) is 5.32 Å². The Morgan fingerprint density at radius 3 is 2.41 bits per heavy atom. The second-order valence-electron chi connectivity index (χ2n) is 4.51. The number of carbonyl (C=O) groups excluding carboxylic acids is 1. The summed E-state index contributed by atoms with van der Waals surface area (Å²) in [5.74, 6) is 0.506. The molecule has 1 aromatic rings. The zero-order chi connectivity index (χ0) is 12.9. The largest absolute Gasteiger partial charge is 0.497 e. The van der Waals surface area contributed by atoms with Crippen LogP contribution in [0.2, 0.25) is 0 Å². The molecule has 0 radical (unpaired) electrons. The molecule has 0 aliphatic heterocycles. The van der Waals surface area contributed by atoms with Crippen LogP contribution in [-0.2, 0) is 11.2 Å². The van der Waals surface area contributed by atoms with Gasteiger partial charge in [-0.2, -0.15) is 0 Å². The Bertz CT molecular complexity index is 372.